The van der Waals surface area contributed by atoms with Crippen LogP contribution in [0.2, 0.25) is 0 Å². The third-order valence-corrected chi connectivity index (χ3v) is 5.33. The molecule has 0 saturated carbocycles. The van der Waals surface area contributed by atoms with E-state index in [1.54, 1.807) is 0 Å². The van der Waals surface area contributed by atoms with E-state index in [0.29, 0.717) is 12.0 Å². The highest BCUT2D eigenvalue weighted by molar-refractivity contribution is 5.19. The molecular formula is C20H28O2. The van der Waals surface area contributed by atoms with Gasteiger partial charge in [-0.1, -0.05) is 23.8 Å². The van der Waals surface area contributed by atoms with Gasteiger partial charge in [-0.2, -0.15) is 0 Å². The molecule has 22 heavy (non-hydrogen) atoms. The maximum Gasteiger partial charge on any atom is 0.108 e. The van der Waals surface area contributed by atoms with Crippen LogP contribution in [0.5, 0.6) is 0 Å². The second kappa shape index (κ2) is 6.08. The number of fused-ring (bicyclic) bond motifs is 3. The predicted octanol–water partition coefficient (Wildman–Crippen LogP) is 5.23. The zero-order valence-corrected chi connectivity index (χ0v) is 14.2. The Balaban J connectivity index is 1.78. The van der Waals surface area contributed by atoms with Gasteiger partial charge in [0.05, 0.1) is 18.0 Å². The van der Waals surface area contributed by atoms with E-state index < -0.39 is 0 Å². The van der Waals surface area contributed by atoms with Crippen LogP contribution in [0.4, 0.5) is 0 Å². The van der Waals surface area contributed by atoms with Crippen molar-refractivity contribution in [2.75, 3.05) is 0 Å². The van der Waals surface area contributed by atoms with Gasteiger partial charge in [0.15, 0.2) is 0 Å². The second-order valence-corrected chi connectivity index (χ2v) is 7.42. The van der Waals surface area contributed by atoms with Crippen molar-refractivity contribution < 1.29 is 9.15 Å². The van der Waals surface area contributed by atoms with Gasteiger partial charge in [0.25, 0.3) is 0 Å². The van der Waals surface area contributed by atoms with Crippen LogP contribution < -0.4 is 0 Å². The number of epoxide rings is 1. The van der Waals surface area contributed by atoms with Gasteiger partial charge in [0.2, 0.25) is 0 Å². The maximum absolute atomic E-state index is 6.00. The first-order chi connectivity index (χ1) is 10.5. The number of furan rings is 1. The van der Waals surface area contributed by atoms with Crippen molar-refractivity contribution in [2.45, 2.75) is 71.0 Å². The van der Waals surface area contributed by atoms with Gasteiger partial charge >= 0.3 is 0 Å². The zero-order chi connectivity index (χ0) is 15.7. The molecule has 1 aromatic heterocycles. The molecule has 2 heterocycles. The van der Waals surface area contributed by atoms with Gasteiger partial charge in [-0.25, -0.2) is 0 Å². The fourth-order valence-electron chi connectivity index (χ4n) is 3.54. The highest BCUT2D eigenvalue weighted by Gasteiger charge is 2.51. The number of hydrogen-bond donors (Lipinski definition) is 0. The van der Waals surface area contributed by atoms with E-state index in [-0.39, 0.29) is 5.60 Å². The number of allylic oxidation sites excluding steroid dienone is 3. The van der Waals surface area contributed by atoms with Gasteiger partial charge in [-0.15, -0.1) is 0 Å². The van der Waals surface area contributed by atoms with Crippen molar-refractivity contribution in [2.24, 2.45) is 5.92 Å². The van der Waals surface area contributed by atoms with Gasteiger partial charge in [0, 0.05) is 6.42 Å². The molecule has 120 valence electrons. The summed E-state index contributed by atoms with van der Waals surface area (Å²) in [6, 6.07) is 2.21. The van der Waals surface area contributed by atoms with Crippen molar-refractivity contribution in [1.82, 2.24) is 0 Å². The van der Waals surface area contributed by atoms with E-state index in [1.807, 2.05) is 6.26 Å². The van der Waals surface area contributed by atoms with Crippen molar-refractivity contribution in [1.29, 1.82) is 0 Å². The molecule has 0 unspecified atom stereocenters. The molecule has 1 aliphatic carbocycles. The first-order valence-electron chi connectivity index (χ1n) is 8.51. The Kier molecular flexibility index (Phi) is 4.31. The molecule has 0 spiro atoms. The van der Waals surface area contributed by atoms with Crippen molar-refractivity contribution in [3.8, 4) is 0 Å². The standard InChI is InChI=1S/C20H28O2/c1-14(2)17-7-5-15(3)11-18-12-16(13-21-18)6-8-19-20(4,22-19)10-9-17/h5,12-13,17,19H,1,6-11H2,2-4H3/b15-5-/t17-,19+,20+/m0/s1. The maximum atomic E-state index is 6.00. The van der Waals surface area contributed by atoms with Gasteiger partial charge in [-0.3, -0.25) is 0 Å². The normalized spacial score (nSPS) is 35.0. The lowest BCUT2D eigenvalue weighted by molar-refractivity contribution is 0.282. The summed E-state index contributed by atoms with van der Waals surface area (Å²) in [7, 11) is 0. The lowest BCUT2D eigenvalue weighted by Gasteiger charge is -2.17. The molecule has 2 bridgehead atoms. The van der Waals surface area contributed by atoms with E-state index in [9.17, 15) is 0 Å². The Hall–Kier alpha value is -1.28. The molecule has 1 fully saturated rings. The fraction of sp³-hybridized carbons (Fsp3) is 0.600. The molecule has 2 heteroatoms. The Labute approximate surface area is 134 Å². The number of rotatable bonds is 1. The Morgan fingerprint density at radius 3 is 2.95 bits per heavy atom. The molecule has 3 atom stereocenters. The molecule has 2 aliphatic rings. The minimum Gasteiger partial charge on any atom is -0.469 e. The molecule has 0 radical (unpaired) electrons. The molecule has 2 nitrogen and oxygen atoms in total. The minimum absolute atomic E-state index is 0.0864. The van der Waals surface area contributed by atoms with Crippen LogP contribution in [-0.2, 0) is 17.6 Å². The molecule has 3 rings (SSSR count). The molecule has 1 saturated heterocycles. The van der Waals surface area contributed by atoms with Crippen LogP contribution in [0, 0.1) is 5.92 Å². The molecule has 1 aliphatic heterocycles. The van der Waals surface area contributed by atoms with E-state index in [2.05, 4.69) is 39.5 Å². The quantitative estimate of drug-likeness (QED) is 0.524. The SMILES string of the molecule is C=C(C)[C@H]1C/C=C(/C)Cc2cc(co2)CC[C@H]2O[C@]2(C)CC1. The summed E-state index contributed by atoms with van der Waals surface area (Å²) in [4.78, 5) is 0. The predicted molar refractivity (Wildman–Crippen MR) is 89.9 cm³/mol. The lowest BCUT2D eigenvalue weighted by atomic mass is 9.87. The van der Waals surface area contributed by atoms with Gasteiger partial charge in [0.1, 0.15) is 5.76 Å². The average Bonchev–Trinajstić information content (AvgIpc) is 2.89. The highest BCUT2D eigenvalue weighted by atomic mass is 16.6. The van der Waals surface area contributed by atoms with E-state index in [0.717, 1.165) is 37.9 Å². The third kappa shape index (κ3) is 3.55. The average molecular weight is 300 g/mol. The summed E-state index contributed by atoms with van der Waals surface area (Å²) < 4.78 is 11.7. The van der Waals surface area contributed by atoms with Gasteiger partial charge < -0.3 is 9.15 Å². The fourth-order valence-corrected chi connectivity index (χ4v) is 3.54. The first-order valence-corrected chi connectivity index (χ1v) is 8.51. The third-order valence-electron chi connectivity index (χ3n) is 5.33. The summed E-state index contributed by atoms with van der Waals surface area (Å²) in [5, 5.41) is 0. The first kappa shape index (κ1) is 15.6. The summed E-state index contributed by atoms with van der Waals surface area (Å²) >= 11 is 0. The highest BCUT2D eigenvalue weighted by Crippen LogP contribution is 2.44. The molecule has 0 aromatic carbocycles. The summed E-state index contributed by atoms with van der Waals surface area (Å²) in [5.74, 6) is 1.64. The van der Waals surface area contributed by atoms with Crippen LogP contribution >= 0.6 is 0 Å². The smallest absolute Gasteiger partial charge is 0.108 e. The van der Waals surface area contributed by atoms with Crippen LogP contribution in [0.25, 0.3) is 0 Å². The summed E-state index contributed by atoms with van der Waals surface area (Å²) in [5.41, 5.74) is 4.06. The Bertz CT molecular complexity index is 580. The van der Waals surface area contributed by atoms with Crippen LogP contribution in [-0.4, -0.2) is 11.7 Å². The second-order valence-electron chi connectivity index (χ2n) is 7.42. The molecule has 1 aromatic rings. The zero-order valence-electron chi connectivity index (χ0n) is 14.2. The van der Waals surface area contributed by atoms with Gasteiger partial charge in [-0.05, 0) is 70.4 Å². The molecule has 0 N–H and O–H groups in total. The largest absolute Gasteiger partial charge is 0.469 e. The molecular weight excluding hydrogens is 272 g/mol. The number of ether oxygens (including phenoxy) is 1. The van der Waals surface area contributed by atoms with E-state index in [4.69, 9.17) is 9.15 Å². The van der Waals surface area contributed by atoms with Crippen LogP contribution in [0.1, 0.15) is 57.8 Å². The number of aryl methyl sites for hydroxylation is 1. The topological polar surface area (TPSA) is 25.7 Å². The van der Waals surface area contributed by atoms with Crippen LogP contribution in [0.15, 0.2) is 40.5 Å². The summed E-state index contributed by atoms with van der Waals surface area (Å²) in [6.07, 6.45) is 11.2. The monoisotopic (exact) mass is 300 g/mol. The Morgan fingerprint density at radius 1 is 1.36 bits per heavy atom. The van der Waals surface area contributed by atoms with Crippen molar-refractivity contribution in [3.63, 3.8) is 0 Å². The van der Waals surface area contributed by atoms with Crippen molar-refractivity contribution >= 4 is 0 Å². The van der Waals surface area contributed by atoms with Crippen molar-refractivity contribution in [3.05, 3.63) is 47.5 Å². The minimum atomic E-state index is 0.0864. The Morgan fingerprint density at radius 2 is 2.18 bits per heavy atom. The van der Waals surface area contributed by atoms with E-state index >= 15 is 0 Å². The lowest BCUT2D eigenvalue weighted by Crippen LogP contribution is -2.13. The van der Waals surface area contributed by atoms with Crippen LogP contribution in [0.3, 0.4) is 0 Å². The number of hydrogen-bond acceptors (Lipinski definition) is 2. The summed E-state index contributed by atoms with van der Waals surface area (Å²) in [6.45, 7) is 10.8. The molecule has 0 amide bonds. The van der Waals surface area contributed by atoms with E-state index in [1.165, 1.54) is 23.1 Å².